The molecule has 2 N–H and O–H groups in total. The Kier molecular flexibility index (Phi) is 7.07. The van der Waals surface area contributed by atoms with Crippen molar-refractivity contribution in [1.82, 2.24) is 5.32 Å². The van der Waals surface area contributed by atoms with Gasteiger partial charge in [-0.3, -0.25) is 9.59 Å². The summed E-state index contributed by atoms with van der Waals surface area (Å²) in [4.78, 5) is 23.0. The van der Waals surface area contributed by atoms with Crippen molar-refractivity contribution in [2.24, 2.45) is 0 Å². The molecule has 0 saturated heterocycles. The number of carbonyl (C=O) groups excluding carboxylic acids is 1. The molecule has 2 rings (SSSR count). The van der Waals surface area contributed by atoms with Crippen LogP contribution >= 0.6 is 0 Å². The second-order valence-corrected chi connectivity index (χ2v) is 7.18. The van der Waals surface area contributed by atoms with Crippen LogP contribution in [-0.2, 0) is 28.7 Å². The van der Waals surface area contributed by atoms with Crippen molar-refractivity contribution >= 4 is 11.9 Å². The number of halogens is 4. The second-order valence-electron chi connectivity index (χ2n) is 7.18. The Hall–Kier alpha value is -3.10. The summed E-state index contributed by atoms with van der Waals surface area (Å²) in [6, 6.07) is 8.61. The average molecular weight is 427 g/mol. The van der Waals surface area contributed by atoms with Crippen molar-refractivity contribution in [3.63, 3.8) is 0 Å². The molecule has 0 aliphatic rings. The molecule has 0 aliphatic carbocycles. The van der Waals surface area contributed by atoms with E-state index in [1.807, 2.05) is 0 Å². The van der Waals surface area contributed by atoms with E-state index >= 15 is 0 Å². The van der Waals surface area contributed by atoms with E-state index in [2.05, 4.69) is 5.32 Å². The summed E-state index contributed by atoms with van der Waals surface area (Å²) in [7, 11) is 0. The summed E-state index contributed by atoms with van der Waals surface area (Å²) in [6.07, 6.45) is -4.35. The normalized spacial score (nSPS) is 11.8. The molecule has 9 heteroatoms. The first-order valence-electron chi connectivity index (χ1n) is 9.01. The molecule has 5 nitrogen and oxygen atoms in total. The highest BCUT2D eigenvalue weighted by atomic mass is 19.4. The summed E-state index contributed by atoms with van der Waals surface area (Å²) in [5, 5.41) is 11.1. The lowest BCUT2D eigenvalue weighted by atomic mass is 10.1. The monoisotopic (exact) mass is 427 g/mol. The van der Waals surface area contributed by atoms with Crippen LogP contribution in [0.15, 0.2) is 42.5 Å². The van der Waals surface area contributed by atoms with E-state index in [1.165, 1.54) is 13.8 Å². The number of rotatable bonds is 8. The predicted molar refractivity (Wildman–Crippen MR) is 100 cm³/mol. The van der Waals surface area contributed by atoms with Crippen molar-refractivity contribution in [2.45, 2.75) is 45.0 Å². The zero-order chi connectivity index (χ0) is 22.5. The van der Waals surface area contributed by atoms with Gasteiger partial charge in [-0.2, -0.15) is 13.2 Å². The number of hydrogen-bond donors (Lipinski definition) is 2. The highest BCUT2D eigenvalue weighted by Gasteiger charge is 2.32. The Labute approximate surface area is 170 Å². The molecule has 0 fully saturated rings. The molecule has 2 aromatic rings. The Balaban J connectivity index is 1.99. The summed E-state index contributed by atoms with van der Waals surface area (Å²) < 4.78 is 57.5. The zero-order valence-electron chi connectivity index (χ0n) is 16.3. The molecule has 0 spiro atoms. The molecular formula is C21H21F4NO4. The van der Waals surface area contributed by atoms with Crippen molar-refractivity contribution in [3.8, 4) is 5.75 Å². The van der Waals surface area contributed by atoms with Crippen LogP contribution in [0, 0.1) is 5.82 Å². The number of nitrogens with one attached hydrogen (secondary N) is 1. The molecular weight excluding hydrogens is 406 g/mol. The number of carbonyl (C=O) groups is 2. The quantitative estimate of drug-likeness (QED) is 0.615. The predicted octanol–water partition coefficient (Wildman–Crippen LogP) is 4.34. The third-order valence-electron chi connectivity index (χ3n) is 4.21. The Morgan fingerprint density at radius 2 is 1.67 bits per heavy atom. The Morgan fingerprint density at radius 3 is 2.23 bits per heavy atom. The summed E-state index contributed by atoms with van der Waals surface area (Å²) in [5.41, 5.74) is -1.74. The van der Waals surface area contributed by atoms with E-state index in [0.717, 1.165) is 17.7 Å². The molecule has 0 unspecified atom stereocenters. The molecule has 30 heavy (non-hydrogen) atoms. The van der Waals surface area contributed by atoms with E-state index in [-0.39, 0.29) is 18.5 Å². The fourth-order valence-corrected chi connectivity index (χ4v) is 2.63. The highest BCUT2D eigenvalue weighted by Crippen LogP contribution is 2.30. The van der Waals surface area contributed by atoms with Gasteiger partial charge in [-0.25, -0.2) is 4.39 Å². The molecule has 0 bridgehead atoms. The number of aryl methyl sites for hydroxylation is 1. The maximum atomic E-state index is 13.5. The van der Waals surface area contributed by atoms with Gasteiger partial charge in [-0.05, 0) is 61.7 Å². The van der Waals surface area contributed by atoms with Gasteiger partial charge in [0.1, 0.15) is 11.6 Å². The molecule has 0 aromatic heterocycles. The third-order valence-corrected chi connectivity index (χ3v) is 4.21. The summed E-state index contributed by atoms with van der Waals surface area (Å²) >= 11 is 0. The fourth-order valence-electron chi connectivity index (χ4n) is 2.63. The fraction of sp³-hybridized carbons (Fsp3) is 0.333. The van der Waals surface area contributed by atoms with Gasteiger partial charge in [-0.15, -0.1) is 0 Å². The van der Waals surface area contributed by atoms with E-state index in [9.17, 15) is 27.2 Å². The minimum atomic E-state index is -4.69. The second kappa shape index (κ2) is 9.15. The lowest BCUT2D eigenvalue weighted by Gasteiger charge is -2.25. The minimum absolute atomic E-state index is 0.00969. The molecule has 0 aliphatic heterocycles. The third kappa shape index (κ3) is 6.75. The SMILES string of the molecule is CC(C)(Oc1ccc(CCC(=O)O)cc1)C(=O)NCc1cc(F)cc(C(F)(F)F)c1. The molecule has 1 amide bonds. The van der Waals surface area contributed by atoms with Gasteiger partial charge in [0.15, 0.2) is 5.60 Å². The largest absolute Gasteiger partial charge is 0.481 e. The first-order valence-corrected chi connectivity index (χ1v) is 9.01. The number of alkyl halides is 3. The average Bonchev–Trinajstić information content (AvgIpc) is 2.64. The summed E-state index contributed by atoms with van der Waals surface area (Å²) in [5.74, 6) is -2.20. The number of amides is 1. The van der Waals surface area contributed by atoms with Crippen molar-refractivity contribution in [3.05, 3.63) is 65.0 Å². The van der Waals surface area contributed by atoms with Gasteiger partial charge in [-0.1, -0.05) is 12.1 Å². The van der Waals surface area contributed by atoms with Gasteiger partial charge in [0.25, 0.3) is 5.91 Å². The van der Waals surface area contributed by atoms with Gasteiger partial charge in [0, 0.05) is 13.0 Å². The van der Waals surface area contributed by atoms with Crippen LogP contribution in [0.2, 0.25) is 0 Å². The Bertz CT molecular complexity index is 908. The van der Waals surface area contributed by atoms with Crippen LogP contribution in [0.3, 0.4) is 0 Å². The topological polar surface area (TPSA) is 75.6 Å². The van der Waals surface area contributed by atoms with Gasteiger partial charge < -0.3 is 15.2 Å². The highest BCUT2D eigenvalue weighted by molar-refractivity contribution is 5.84. The Morgan fingerprint density at radius 1 is 1.03 bits per heavy atom. The molecule has 162 valence electrons. The van der Waals surface area contributed by atoms with E-state index in [4.69, 9.17) is 9.84 Å². The van der Waals surface area contributed by atoms with Gasteiger partial charge in [0.2, 0.25) is 0 Å². The van der Waals surface area contributed by atoms with Crippen molar-refractivity contribution in [2.75, 3.05) is 0 Å². The number of benzene rings is 2. The lowest BCUT2D eigenvalue weighted by Crippen LogP contribution is -2.46. The van der Waals surface area contributed by atoms with Crippen LogP contribution in [0.5, 0.6) is 5.75 Å². The number of carboxylic acids is 1. The number of hydrogen-bond acceptors (Lipinski definition) is 3. The summed E-state index contributed by atoms with van der Waals surface area (Å²) in [6.45, 7) is 2.65. The standard InChI is InChI=1S/C21H21F4NO4/c1-20(2,30-17-6-3-13(4-7-17)5-8-18(27)28)19(29)26-12-14-9-15(21(23,24)25)11-16(22)10-14/h3-4,6-7,9-11H,5,8,12H2,1-2H3,(H,26,29)(H,27,28). The van der Waals surface area contributed by atoms with E-state index in [1.54, 1.807) is 24.3 Å². The maximum Gasteiger partial charge on any atom is 0.416 e. The van der Waals surface area contributed by atoms with E-state index in [0.29, 0.717) is 18.2 Å². The minimum Gasteiger partial charge on any atom is -0.481 e. The molecule has 2 aromatic carbocycles. The maximum absolute atomic E-state index is 13.5. The number of aliphatic carboxylic acids is 1. The van der Waals surface area contributed by atoms with Gasteiger partial charge in [0.05, 0.1) is 5.56 Å². The first-order chi connectivity index (χ1) is 13.9. The van der Waals surface area contributed by atoms with Gasteiger partial charge >= 0.3 is 12.1 Å². The lowest BCUT2D eigenvalue weighted by molar-refractivity contribution is -0.138. The number of carboxylic acid groups (broad SMARTS) is 1. The van der Waals surface area contributed by atoms with Crippen LogP contribution < -0.4 is 10.1 Å². The van der Waals surface area contributed by atoms with Crippen LogP contribution in [0.1, 0.15) is 37.0 Å². The smallest absolute Gasteiger partial charge is 0.416 e. The molecule has 0 saturated carbocycles. The van der Waals surface area contributed by atoms with Crippen molar-refractivity contribution < 1.29 is 37.0 Å². The van der Waals surface area contributed by atoms with E-state index < -0.39 is 35.0 Å². The first kappa shape index (κ1) is 23.2. The molecule has 0 atom stereocenters. The zero-order valence-corrected chi connectivity index (χ0v) is 16.3. The molecule has 0 heterocycles. The van der Waals surface area contributed by atoms with Crippen LogP contribution in [0.25, 0.3) is 0 Å². The number of ether oxygens (including phenoxy) is 1. The molecule has 0 radical (unpaired) electrons. The van der Waals surface area contributed by atoms with Crippen LogP contribution in [-0.4, -0.2) is 22.6 Å². The van der Waals surface area contributed by atoms with Crippen LogP contribution in [0.4, 0.5) is 17.6 Å². The van der Waals surface area contributed by atoms with Crippen molar-refractivity contribution in [1.29, 1.82) is 0 Å².